The van der Waals surface area contributed by atoms with Crippen LogP contribution < -0.4 is 3.83 Å². The first kappa shape index (κ1) is 28.1. The molecule has 8 nitrogen and oxygen atoms in total. The van der Waals surface area contributed by atoms with Gasteiger partial charge in [0.25, 0.3) is 0 Å². The van der Waals surface area contributed by atoms with Gasteiger partial charge < -0.3 is 19.1 Å². The van der Waals surface area contributed by atoms with Crippen LogP contribution in [0.4, 0.5) is 0 Å². The average Bonchev–Trinajstić information content (AvgIpc) is 2.47. The molecule has 1 aliphatic rings. The van der Waals surface area contributed by atoms with Crippen molar-refractivity contribution < 1.29 is 43.9 Å². The zero-order chi connectivity index (χ0) is 20.7. The summed E-state index contributed by atoms with van der Waals surface area (Å²) in [6.07, 6.45) is 5.33. The van der Waals surface area contributed by atoms with Gasteiger partial charge in [-0.1, -0.05) is 27.7 Å². The fraction of sp³-hybridized carbons (Fsp3) is 1.00. The number of rotatable bonds is 8. The Morgan fingerprint density at radius 1 is 0.846 bits per heavy atom. The Hall–Kier alpha value is -0.138. The predicted octanol–water partition coefficient (Wildman–Crippen LogP) is 1.86. The van der Waals surface area contributed by atoms with Gasteiger partial charge in [-0.05, 0) is 25.7 Å². The van der Waals surface area contributed by atoms with E-state index in [-0.39, 0.29) is 4.65 Å². The van der Waals surface area contributed by atoms with Crippen LogP contribution in [0.15, 0.2) is 0 Å². The van der Waals surface area contributed by atoms with E-state index < -0.39 is 15.8 Å². The van der Waals surface area contributed by atoms with E-state index in [1.54, 1.807) is 7.05 Å². The maximum atomic E-state index is 11.0. The number of quaternary nitrogens is 2. The van der Waals surface area contributed by atoms with Gasteiger partial charge in [-0.25, -0.2) is 0 Å². The first-order valence-corrected chi connectivity index (χ1v) is 14.0. The van der Waals surface area contributed by atoms with E-state index in [4.69, 9.17) is 19.0 Å². The van der Waals surface area contributed by atoms with Crippen LogP contribution in [0.2, 0.25) is 0 Å². The van der Waals surface area contributed by atoms with Crippen LogP contribution in [0.3, 0.4) is 0 Å². The molecular formula is C17H39N2O6Re. The molecule has 1 fully saturated rings. The zero-order valence-corrected chi connectivity index (χ0v) is 19.9. The summed E-state index contributed by atoms with van der Waals surface area (Å²) >= 11 is -6.11. The molecule has 9 heteroatoms. The summed E-state index contributed by atoms with van der Waals surface area (Å²) in [5, 5.41) is 11.0. The molecule has 0 saturated carbocycles. The van der Waals surface area contributed by atoms with Crippen molar-refractivity contribution in [3.05, 3.63) is 5.21 Å². The van der Waals surface area contributed by atoms with Gasteiger partial charge >= 0.3 is 30.0 Å². The SMILES string of the molecule is CCC[N+](CCC)(CCC)CCC.C[N+]1([O-])CCOCC1.[O]=[Re](=[O])(=[O])[O-]. The van der Waals surface area contributed by atoms with Crippen molar-refractivity contribution in [1.29, 1.82) is 0 Å². The van der Waals surface area contributed by atoms with E-state index in [0.29, 0.717) is 26.3 Å². The van der Waals surface area contributed by atoms with E-state index >= 15 is 0 Å². The van der Waals surface area contributed by atoms with Gasteiger partial charge in [0.05, 0.1) is 46.4 Å². The van der Waals surface area contributed by atoms with Crippen LogP contribution in [-0.2, 0) is 30.9 Å². The third kappa shape index (κ3) is 18.6. The van der Waals surface area contributed by atoms with E-state index in [9.17, 15) is 5.21 Å². The number of morpholine rings is 1. The van der Waals surface area contributed by atoms with Crippen LogP contribution in [0, 0.1) is 5.21 Å². The van der Waals surface area contributed by atoms with Crippen molar-refractivity contribution >= 4 is 0 Å². The van der Waals surface area contributed by atoms with Crippen molar-refractivity contribution in [2.24, 2.45) is 0 Å². The van der Waals surface area contributed by atoms with Gasteiger partial charge in [0.1, 0.15) is 13.1 Å². The van der Waals surface area contributed by atoms with E-state index in [1.807, 2.05) is 0 Å². The number of hydrogen-bond acceptors (Lipinski definition) is 6. The normalized spacial score (nSPS) is 16.7. The van der Waals surface area contributed by atoms with Crippen LogP contribution in [0.25, 0.3) is 0 Å². The van der Waals surface area contributed by atoms with Gasteiger partial charge in [0.2, 0.25) is 0 Å². The monoisotopic (exact) mass is 554 g/mol. The fourth-order valence-electron chi connectivity index (χ4n) is 3.30. The molecule has 0 aromatic rings. The average molecular weight is 554 g/mol. The topological polar surface area (TPSA) is 107 Å². The van der Waals surface area contributed by atoms with Crippen molar-refractivity contribution in [3.8, 4) is 0 Å². The molecular weight excluding hydrogens is 514 g/mol. The summed E-state index contributed by atoms with van der Waals surface area (Å²) in [6.45, 7) is 17.3. The molecule has 0 radical (unpaired) electrons. The molecule has 1 heterocycles. The molecule has 1 aliphatic heterocycles. The predicted molar refractivity (Wildman–Crippen MR) is 93.1 cm³/mol. The Labute approximate surface area is 162 Å². The summed E-state index contributed by atoms with van der Waals surface area (Å²) in [6, 6.07) is 0. The Bertz CT molecular complexity index is 437. The van der Waals surface area contributed by atoms with Gasteiger partial charge in [-0.15, -0.1) is 0 Å². The second kappa shape index (κ2) is 14.9. The molecule has 0 atom stereocenters. The summed E-state index contributed by atoms with van der Waals surface area (Å²) in [5.74, 6) is 0. The van der Waals surface area contributed by atoms with Crippen molar-refractivity contribution in [2.45, 2.75) is 53.4 Å². The molecule has 160 valence electrons. The molecule has 0 aromatic heterocycles. The molecule has 0 N–H and O–H groups in total. The summed E-state index contributed by atoms with van der Waals surface area (Å²) in [4.78, 5) is 0. The van der Waals surface area contributed by atoms with Gasteiger partial charge in [0.15, 0.2) is 0 Å². The number of nitrogens with zero attached hydrogens (tertiary/aromatic N) is 2. The Morgan fingerprint density at radius 2 is 1.12 bits per heavy atom. The zero-order valence-electron chi connectivity index (χ0n) is 17.2. The molecule has 26 heavy (non-hydrogen) atoms. The van der Waals surface area contributed by atoms with Gasteiger partial charge in [-0.3, -0.25) is 0 Å². The summed E-state index contributed by atoms with van der Waals surface area (Å²) < 4.78 is 40.8. The Kier molecular flexibility index (Phi) is 16.0. The molecule has 0 aliphatic carbocycles. The van der Waals surface area contributed by atoms with Crippen molar-refractivity contribution in [2.75, 3.05) is 59.5 Å². The maximum absolute atomic E-state index is 11.0. The van der Waals surface area contributed by atoms with E-state index in [1.165, 1.54) is 56.3 Å². The second-order valence-corrected chi connectivity index (χ2v) is 9.69. The molecule has 0 unspecified atom stereocenters. The summed E-state index contributed by atoms with van der Waals surface area (Å²) in [5.41, 5.74) is 0. The Morgan fingerprint density at radius 3 is 1.27 bits per heavy atom. The van der Waals surface area contributed by atoms with E-state index in [0.717, 1.165) is 0 Å². The minimum absolute atomic E-state index is 0.125. The first-order valence-electron chi connectivity index (χ1n) is 9.55. The number of likely N-dealkylation sites (N-methyl/N-ethyl adjacent to an activating group) is 1. The van der Waals surface area contributed by atoms with Crippen LogP contribution >= 0.6 is 0 Å². The fourth-order valence-corrected chi connectivity index (χ4v) is 3.30. The molecule has 1 rings (SSSR count). The number of ether oxygens (including phenoxy) is 1. The molecule has 0 aromatic carbocycles. The second-order valence-electron chi connectivity index (χ2n) is 6.97. The molecule has 0 bridgehead atoms. The first-order chi connectivity index (χ1) is 11.9. The third-order valence-corrected chi connectivity index (χ3v) is 4.21. The number of hydroxylamine groups is 3. The van der Waals surface area contributed by atoms with Crippen molar-refractivity contribution in [1.82, 2.24) is 0 Å². The molecule has 0 spiro atoms. The van der Waals surface area contributed by atoms with Gasteiger partial charge in [-0.2, -0.15) is 0 Å². The summed E-state index contributed by atoms with van der Waals surface area (Å²) in [7, 11) is 1.68. The van der Waals surface area contributed by atoms with Crippen LogP contribution in [0.5, 0.6) is 0 Å². The van der Waals surface area contributed by atoms with Crippen molar-refractivity contribution in [3.63, 3.8) is 0 Å². The quantitative estimate of drug-likeness (QED) is 0.336. The molecule has 1 saturated heterocycles. The van der Waals surface area contributed by atoms with Crippen LogP contribution in [0.1, 0.15) is 53.4 Å². The standard InChI is InChI=1S/C12H28N.C5H11NO2.4O.Re/c1-5-9-13(10-6-2,11-7-3)12-8-4;1-6(7)2-4-8-5-3-6;;;;;/h5-12H2,1-4H3;2-5H2,1H3;;;;;/q+1;;;;;-1;. The minimum atomic E-state index is -6.11. The number of hydrogen-bond donors (Lipinski definition) is 0. The molecule has 0 amide bonds. The van der Waals surface area contributed by atoms with Gasteiger partial charge in [0, 0.05) is 0 Å². The van der Waals surface area contributed by atoms with Crippen LogP contribution in [-0.4, -0.2) is 68.7 Å². The Balaban J connectivity index is 0. The van der Waals surface area contributed by atoms with E-state index in [2.05, 4.69) is 27.7 Å². The third-order valence-electron chi connectivity index (χ3n) is 4.21.